The van der Waals surface area contributed by atoms with E-state index < -0.39 is 30.7 Å². The summed E-state index contributed by atoms with van der Waals surface area (Å²) in [6.45, 7) is 5.47. The van der Waals surface area contributed by atoms with E-state index in [0.717, 1.165) is 36.4 Å². The summed E-state index contributed by atoms with van der Waals surface area (Å²) in [5, 5.41) is 0.752. The molecule has 15 heteroatoms. The Bertz CT molecular complexity index is 1740. The molecule has 2 atom stereocenters. The van der Waals surface area contributed by atoms with Crippen LogP contribution < -0.4 is 39.0 Å². The Labute approximate surface area is 287 Å². The van der Waals surface area contributed by atoms with Gasteiger partial charge in [0.1, 0.15) is 4.70 Å². The third-order valence-corrected chi connectivity index (χ3v) is 12.1. The van der Waals surface area contributed by atoms with Crippen LogP contribution in [0.5, 0.6) is 0 Å². The van der Waals surface area contributed by atoms with E-state index >= 15 is 0 Å². The van der Waals surface area contributed by atoms with Gasteiger partial charge in [-0.05, 0) is 68.7 Å². The van der Waals surface area contributed by atoms with Gasteiger partial charge < -0.3 is 14.0 Å². The van der Waals surface area contributed by atoms with Crippen LogP contribution in [0.25, 0.3) is 16.3 Å². The van der Waals surface area contributed by atoms with Gasteiger partial charge >= 0.3 is 29.6 Å². The molecule has 42 heavy (non-hydrogen) atoms. The van der Waals surface area contributed by atoms with Gasteiger partial charge in [0.05, 0.1) is 36.2 Å². The number of hydrogen-bond acceptors (Lipinski definition) is 9. The summed E-state index contributed by atoms with van der Waals surface area (Å²) in [6, 6.07) is 11.1. The average molecular weight is 700 g/mol. The number of nitrogens with zero attached hydrogens (tertiary/aromatic N) is 2. The molecule has 0 saturated heterocycles. The first-order valence-corrected chi connectivity index (χ1v) is 18.2. The summed E-state index contributed by atoms with van der Waals surface area (Å²) >= 11 is 15.6. The van der Waals surface area contributed by atoms with Crippen molar-refractivity contribution in [2.24, 2.45) is 0 Å². The van der Waals surface area contributed by atoms with Crippen molar-refractivity contribution in [3.8, 4) is 0 Å². The van der Waals surface area contributed by atoms with Gasteiger partial charge in [0.15, 0.2) is 6.54 Å². The molecule has 0 spiro atoms. The fourth-order valence-electron chi connectivity index (χ4n) is 4.30. The standard InChI is InChI=1S/C27H30Cl2N2O6S4.Na/c1-4-19(13-26-30(11-9-17(2)40(32,33)34)22-15-20(28)5-7-24(22)38-26)14-27-31(12-10-18(3)41(35,36)37)23-16-21(29)6-8-25(23)39-27;/h5-8,13-18H,4,9-12H2,1-3H3,(H-,32,33,34,35,36,37);/q;+1/p-1. The minimum absolute atomic E-state index is 0. The molecule has 222 valence electrons. The molecule has 0 fully saturated rings. The molecular formula is C27H29Cl2N2NaO6S4. The molecule has 1 aromatic heterocycles. The summed E-state index contributed by atoms with van der Waals surface area (Å²) in [5.41, 5.74) is 2.66. The van der Waals surface area contributed by atoms with Crippen LogP contribution in [0.3, 0.4) is 0 Å². The smallest absolute Gasteiger partial charge is 0.748 e. The maximum Gasteiger partial charge on any atom is 1.00 e. The Hall–Kier alpha value is -0.640. The number of thioether (sulfide) groups is 1. The number of benzene rings is 2. The normalized spacial score (nSPS) is 16.5. The van der Waals surface area contributed by atoms with Gasteiger partial charge in [0.2, 0.25) is 5.52 Å². The average Bonchev–Trinajstić information content (AvgIpc) is 3.40. The second-order valence-electron chi connectivity index (χ2n) is 9.81. The summed E-state index contributed by atoms with van der Waals surface area (Å²) in [7, 11) is -8.83. The molecule has 0 amide bonds. The van der Waals surface area contributed by atoms with Crippen molar-refractivity contribution in [2.45, 2.75) is 62.0 Å². The number of anilines is 1. The number of halogens is 2. The molecule has 2 heterocycles. The number of thiazole rings is 1. The van der Waals surface area contributed by atoms with Gasteiger partial charge in [-0.3, -0.25) is 0 Å². The monoisotopic (exact) mass is 698 g/mol. The quantitative estimate of drug-likeness (QED) is 0.170. The largest absolute Gasteiger partial charge is 1.00 e. The molecule has 0 bridgehead atoms. The van der Waals surface area contributed by atoms with Gasteiger partial charge in [-0.25, -0.2) is 16.8 Å². The molecule has 0 aliphatic carbocycles. The van der Waals surface area contributed by atoms with Crippen LogP contribution in [0.4, 0.5) is 5.69 Å². The predicted octanol–water partition coefficient (Wildman–Crippen LogP) is 3.39. The van der Waals surface area contributed by atoms with Gasteiger partial charge in [0, 0.05) is 45.3 Å². The van der Waals surface area contributed by atoms with Crippen molar-refractivity contribution in [1.29, 1.82) is 0 Å². The van der Waals surface area contributed by atoms with Crippen LogP contribution in [0, 0.1) is 0 Å². The Kier molecular flexibility index (Phi) is 12.5. The fourth-order valence-corrected chi connectivity index (χ4v) is 7.71. The van der Waals surface area contributed by atoms with Gasteiger partial charge in [-0.15, -0.1) is 0 Å². The second-order valence-corrected chi connectivity index (χ2v) is 16.4. The van der Waals surface area contributed by atoms with Crippen molar-refractivity contribution in [1.82, 2.24) is 0 Å². The molecule has 2 unspecified atom stereocenters. The van der Waals surface area contributed by atoms with E-state index in [1.54, 1.807) is 12.1 Å². The van der Waals surface area contributed by atoms with Crippen LogP contribution in [-0.4, -0.2) is 43.0 Å². The second kappa shape index (κ2) is 14.6. The van der Waals surface area contributed by atoms with Gasteiger partial charge in [-0.1, -0.05) is 53.2 Å². The van der Waals surface area contributed by atoms with Crippen molar-refractivity contribution < 1.29 is 60.1 Å². The molecule has 3 aromatic rings. The van der Waals surface area contributed by atoms with Crippen LogP contribution in [0.2, 0.25) is 10.0 Å². The zero-order valence-electron chi connectivity index (χ0n) is 23.5. The third-order valence-electron chi connectivity index (χ3n) is 6.91. The summed E-state index contributed by atoms with van der Waals surface area (Å²) in [4.78, 5) is 2.95. The Morgan fingerprint density at radius 2 is 1.62 bits per heavy atom. The molecule has 1 aliphatic heterocycles. The van der Waals surface area contributed by atoms with Crippen LogP contribution in [0.15, 0.2) is 58.0 Å². The first-order valence-electron chi connectivity index (χ1n) is 12.9. The molecule has 2 aromatic carbocycles. The predicted molar refractivity (Wildman–Crippen MR) is 166 cm³/mol. The maximum absolute atomic E-state index is 11.5. The number of allylic oxidation sites excluding steroid dienone is 2. The summed E-state index contributed by atoms with van der Waals surface area (Å²) < 4.78 is 72.2. The molecular weight excluding hydrogens is 670 g/mol. The van der Waals surface area contributed by atoms with E-state index in [1.807, 2.05) is 52.8 Å². The van der Waals surface area contributed by atoms with Crippen LogP contribution in [0.1, 0.15) is 45.0 Å². The van der Waals surface area contributed by atoms with E-state index in [1.165, 1.54) is 36.9 Å². The van der Waals surface area contributed by atoms with Gasteiger partial charge in [0.25, 0.3) is 5.01 Å². The van der Waals surface area contributed by atoms with Crippen molar-refractivity contribution in [3.05, 3.63) is 68.1 Å². The molecule has 0 radical (unpaired) electrons. The Morgan fingerprint density at radius 3 is 2.26 bits per heavy atom. The van der Waals surface area contributed by atoms with E-state index in [2.05, 4.69) is 0 Å². The number of fused-ring (bicyclic) bond motifs is 2. The first kappa shape index (κ1) is 35.8. The molecule has 0 saturated carbocycles. The third kappa shape index (κ3) is 8.75. The van der Waals surface area contributed by atoms with Crippen molar-refractivity contribution in [3.63, 3.8) is 0 Å². The number of hydrogen-bond donors (Lipinski definition) is 0. The zero-order chi connectivity index (χ0) is 30.1. The number of aryl methyl sites for hydroxylation is 1. The summed E-state index contributed by atoms with van der Waals surface area (Å²) in [6.07, 6.45) is 5.03. The molecule has 0 N–H and O–H groups in total. The maximum atomic E-state index is 11.5. The first-order chi connectivity index (χ1) is 19.2. The Morgan fingerprint density at radius 1 is 1.00 bits per heavy atom. The minimum Gasteiger partial charge on any atom is -0.748 e. The molecule has 8 nitrogen and oxygen atoms in total. The topological polar surface area (TPSA) is 122 Å². The van der Waals surface area contributed by atoms with E-state index in [9.17, 15) is 25.9 Å². The van der Waals surface area contributed by atoms with Crippen molar-refractivity contribution in [2.75, 3.05) is 11.4 Å². The molecule has 4 rings (SSSR count). The number of rotatable bonds is 11. The van der Waals surface area contributed by atoms with Crippen LogP contribution in [-0.2, 0) is 26.8 Å². The number of aromatic nitrogens is 1. The molecule has 1 aliphatic rings. The zero-order valence-corrected chi connectivity index (χ0v) is 30.3. The minimum atomic E-state index is -4.42. The SMILES string of the molecule is CCC(=Cc1sc2ccc(Cl)cc2[n+]1CCC(C)S(=O)(=O)[O-])C=C1Sc2ccc(Cl)cc2N1CCC(C)S(=O)(=O)[O-].[Na+]. The summed E-state index contributed by atoms with van der Waals surface area (Å²) in [5.74, 6) is 0. The van der Waals surface area contributed by atoms with Crippen LogP contribution >= 0.6 is 46.3 Å². The fraction of sp³-hybridized carbons (Fsp3) is 0.370. The van der Waals surface area contributed by atoms with E-state index in [4.69, 9.17) is 23.2 Å². The Balaban J connectivity index is 0.00000484. The van der Waals surface area contributed by atoms with E-state index in [0.29, 0.717) is 29.6 Å². The van der Waals surface area contributed by atoms with E-state index in [-0.39, 0.29) is 42.4 Å². The van der Waals surface area contributed by atoms with Crippen molar-refractivity contribution >= 4 is 88.5 Å². The van der Waals surface area contributed by atoms with Gasteiger partial charge in [-0.2, -0.15) is 4.57 Å².